The van der Waals surface area contributed by atoms with Crippen LogP contribution in [0.4, 0.5) is 11.4 Å². The average molecular weight is 459 g/mol. The van der Waals surface area contributed by atoms with E-state index in [0.29, 0.717) is 28.3 Å². The molecule has 6 nitrogen and oxygen atoms in total. The number of anilines is 2. The number of nitrogens with two attached hydrogens (primary N) is 1. The van der Waals surface area contributed by atoms with Crippen LogP contribution in [-0.2, 0) is 22.6 Å². The summed E-state index contributed by atoms with van der Waals surface area (Å²) in [5, 5.41) is 11.2. The first kappa shape index (κ1) is 22.6. The predicted molar refractivity (Wildman–Crippen MR) is 134 cm³/mol. The second kappa shape index (κ2) is 9.52. The van der Waals surface area contributed by atoms with Crippen molar-refractivity contribution in [2.45, 2.75) is 31.6 Å². The Labute approximate surface area is 196 Å². The molecule has 1 amide bonds. The molecule has 1 unspecified atom stereocenters. The minimum absolute atomic E-state index is 0.0544. The molecule has 0 fully saturated rings. The van der Waals surface area contributed by atoms with Crippen molar-refractivity contribution in [2.75, 3.05) is 10.0 Å². The Hall–Kier alpha value is -3.55. The van der Waals surface area contributed by atoms with Crippen LogP contribution in [-0.4, -0.2) is 16.2 Å². The Morgan fingerprint density at radius 2 is 1.76 bits per heavy atom. The van der Waals surface area contributed by atoms with Crippen molar-refractivity contribution in [2.24, 2.45) is 5.73 Å². The van der Waals surface area contributed by atoms with E-state index in [0.717, 1.165) is 34.4 Å². The van der Waals surface area contributed by atoms with Gasteiger partial charge in [-0.05, 0) is 73.7 Å². The van der Waals surface area contributed by atoms with Crippen LogP contribution in [0.15, 0.2) is 82.9 Å². The molecule has 0 radical (unpaired) electrons. The SMILES string of the molecule is Cc1ccc(C)c(N[S+]([O-])c2ccc(NC(=O)C(N)=C3CCc4ccccc4C3=N)cc2)c1. The number of hydrogen-bond donors (Lipinski definition) is 4. The van der Waals surface area contributed by atoms with E-state index in [2.05, 4.69) is 10.0 Å². The smallest absolute Gasteiger partial charge is 0.271 e. The van der Waals surface area contributed by atoms with Gasteiger partial charge in [0.1, 0.15) is 17.1 Å². The number of rotatable bonds is 5. The van der Waals surface area contributed by atoms with Gasteiger partial charge in [-0.2, -0.15) is 0 Å². The van der Waals surface area contributed by atoms with Crippen molar-refractivity contribution in [3.63, 3.8) is 0 Å². The quantitative estimate of drug-likeness (QED) is 0.330. The second-order valence-electron chi connectivity index (χ2n) is 8.09. The molecular weight excluding hydrogens is 432 g/mol. The van der Waals surface area contributed by atoms with Gasteiger partial charge in [0.05, 0.1) is 11.4 Å². The first-order valence-corrected chi connectivity index (χ1v) is 11.8. The summed E-state index contributed by atoms with van der Waals surface area (Å²) in [5.74, 6) is -0.448. The van der Waals surface area contributed by atoms with E-state index >= 15 is 0 Å². The normalized spacial score (nSPS) is 15.4. The lowest BCUT2D eigenvalue weighted by molar-refractivity contribution is -0.112. The van der Waals surface area contributed by atoms with E-state index in [9.17, 15) is 9.35 Å². The van der Waals surface area contributed by atoms with E-state index in [4.69, 9.17) is 11.1 Å². The van der Waals surface area contributed by atoms with Crippen molar-refractivity contribution < 1.29 is 9.35 Å². The Morgan fingerprint density at radius 3 is 2.52 bits per heavy atom. The molecule has 1 aliphatic rings. The molecule has 3 aromatic rings. The van der Waals surface area contributed by atoms with E-state index < -0.39 is 17.3 Å². The highest BCUT2D eigenvalue weighted by atomic mass is 32.2. The number of carbonyl (C=O) groups excluding carboxylic acids is 1. The molecule has 0 heterocycles. The minimum Gasteiger partial charge on any atom is -0.588 e. The highest BCUT2D eigenvalue weighted by Gasteiger charge is 2.23. The number of allylic oxidation sites excluding steroid dienone is 1. The highest BCUT2D eigenvalue weighted by Crippen LogP contribution is 2.27. The summed E-state index contributed by atoms with van der Waals surface area (Å²) in [6.45, 7) is 3.95. The van der Waals surface area contributed by atoms with E-state index in [1.54, 1.807) is 24.3 Å². The van der Waals surface area contributed by atoms with Crippen LogP contribution < -0.4 is 15.8 Å². The third-order valence-electron chi connectivity index (χ3n) is 5.72. The number of fused-ring (bicyclic) bond motifs is 1. The van der Waals surface area contributed by atoms with Crippen LogP contribution in [0, 0.1) is 19.3 Å². The highest BCUT2D eigenvalue weighted by molar-refractivity contribution is 7.92. The molecule has 0 saturated heterocycles. The molecule has 0 spiro atoms. The molecule has 5 N–H and O–H groups in total. The van der Waals surface area contributed by atoms with Crippen LogP contribution in [0.2, 0.25) is 0 Å². The van der Waals surface area contributed by atoms with Gasteiger partial charge in [-0.1, -0.05) is 36.4 Å². The maximum Gasteiger partial charge on any atom is 0.271 e. The molecule has 4 rings (SSSR count). The molecule has 33 heavy (non-hydrogen) atoms. The van der Waals surface area contributed by atoms with Crippen LogP contribution in [0.3, 0.4) is 0 Å². The van der Waals surface area contributed by atoms with Gasteiger partial charge in [-0.25, -0.2) is 4.72 Å². The fourth-order valence-electron chi connectivity index (χ4n) is 3.80. The molecular formula is C26H26N4O2S. The molecule has 3 aromatic carbocycles. The van der Waals surface area contributed by atoms with E-state index in [-0.39, 0.29) is 5.70 Å². The lowest BCUT2D eigenvalue weighted by Gasteiger charge is -2.21. The summed E-state index contributed by atoms with van der Waals surface area (Å²) in [7, 11) is 0. The summed E-state index contributed by atoms with van der Waals surface area (Å²) in [6.07, 6.45) is 1.30. The zero-order valence-electron chi connectivity index (χ0n) is 18.6. The largest absolute Gasteiger partial charge is 0.588 e. The van der Waals surface area contributed by atoms with Gasteiger partial charge in [-0.3, -0.25) is 10.2 Å². The van der Waals surface area contributed by atoms with Gasteiger partial charge >= 0.3 is 0 Å². The van der Waals surface area contributed by atoms with Gasteiger partial charge in [-0.15, -0.1) is 0 Å². The molecule has 0 aliphatic heterocycles. The number of nitrogens with one attached hydrogen (secondary N) is 3. The lowest BCUT2D eigenvalue weighted by Crippen LogP contribution is -2.26. The van der Waals surface area contributed by atoms with Crippen LogP contribution in [0.1, 0.15) is 28.7 Å². The number of aryl methyl sites for hydroxylation is 3. The summed E-state index contributed by atoms with van der Waals surface area (Å²) < 4.78 is 15.8. The minimum atomic E-state index is -1.44. The van der Waals surface area contributed by atoms with Crippen molar-refractivity contribution in [1.29, 1.82) is 5.41 Å². The zero-order chi connectivity index (χ0) is 23.5. The van der Waals surface area contributed by atoms with Gasteiger partial charge < -0.3 is 15.6 Å². The fourth-order valence-corrected chi connectivity index (χ4v) is 4.72. The topological polar surface area (TPSA) is 114 Å². The van der Waals surface area contributed by atoms with Crippen molar-refractivity contribution in [1.82, 2.24) is 0 Å². The standard InChI is InChI=1S/C26H26N4O2S/c1-16-7-8-17(2)23(15-16)30-33(32)20-12-10-19(11-13-20)29-26(31)25(28)22-14-9-18-5-3-4-6-21(18)24(22)27/h3-8,10-13,15,27,30H,9,14,28H2,1-2H3,(H,29,31). The summed E-state index contributed by atoms with van der Waals surface area (Å²) in [4.78, 5) is 13.3. The van der Waals surface area contributed by atoms with Crippen LogP contribution in [0.25, 0.3) is 0 Å². The zero-order valence-corrected chi connectivity index (χ0v) is 19.4. The third-order valence-corrected chi connectivity index (χ3v) is 6.83. The van der Waals surface area contributed by atoms with Gasteiger partial charge in [0.25, 0.3) is 5.91 Å². The summed E-state index contributed by atoms with van der Waals surface area (Å²) in [6, 6.07) is 20.4. The maximum absolute atomic E-state index is 12.7. The Morgan fingerprint density at radius 1 is 1.03 bits per heavy atom. The Bertz CT molecular complexity index is 1250. The predicted octanol–water partition coefficient (Wildman–Crippen LogP) is 4.60. The molecule has 1 atom stereocenters. The van der Waals surface area contributed by atoms with Crippen LogP contribution >= 0.6 is 0 Å². The van der Waals surface area contributed by atoms with Gasteiger partial charge in [0, 0.05) is 16.8 Å². The van der Waals surface area contributed by atoms with Gasteiger partial charge in [0.2, 0.25) is 0 Å². The maximum atomic E-state index is 12.7. The fraction of sp³-hybridized carbons (Fsp3) is 0.154. The van der Waals surface area contributed by atoms with Crippen molar-refractivity contribution >= 4 is 34.4 Å². The van der Waals surface area contributed by atoms with Gasteiger partial charge in [0.15, 0.2) is 4.90 Å². The molecule has 7 heteroatoms. The first-order valence-electron chi connectivity index (χ1n) is 10.7. The summed E-state index contributed by atoms with van der Waals surface area (Å²) >= 11 is -1.44. The van der Waals surface area contributed by atoms with Crippen molar-refractivity contribution in [3.8, 4) is 0 Å². The van der Waals surface area contributed by atoms with E-state index in [1.807, 2.05) is 56.3 Å². The van der Waals surface area contributed by atoms with Crippen LogP contribution in [0.5, 0.6) is 0 Å². The average Bonchev–Trinajstić information content (AvgIpc) is 2.82. The molecule has 0 aromatic heterocycles. The molecule has 1 aliphatic carbocycles. The monoisotopic (exact) mass is 458 g/mol. The lowest BCUT2D eigenvalue weighted by atomic mass is 9.85. The number of benzene rings is 3. The Balaban J connectivity index is 1.44. The number of amides is 1. The molecule has 168 valence electrons. The Kier molecular flexibility index (Phi) is 6.53. The summed E-state index contributed by atoms with van der Waals surface area (Å²) in [5.41, 5.74) is 12.4. The number of hydrogen-bond acceptors (Lipinski definition) is 5. The van der Waals surface area contributed by atoms with Crippen molar-refractivity contribution in [3.05, 3.63) is 100 Å². The first-order chi connectivity index (χ1) is 15.8. The molecule has 0 bridgehead atoms. The number of carbonyl (C=O) groups is 1. The molecule has 0 saturated carbocycles. The third kappa shape index (κ3) is 4.94. The van der Waals surface area contributed by atoms with E-state index in [1.165, 1.54) is 0 Å². The second-order valence-corrected chi connectivity index (χ2v) is 9.31.